The predicted octanol–water partition coefficient (Wildman–Crippen LogP) is 5.19. The smallest absolute Gasteiger partial charge is 0.328 e. The van der Waals surface area contributed by atoms with E-state index in [1.54, 1.807) is 30.9 Å². The van der Waals surface area contributed by atoms with Crippen LogP contribution in [0, 0.1) is 23.7 Å². The molecule has 0 aromatic heterocycles. The van der Waals surface area contributed by atoms with Gasteiger partial charge in [-0.15, -0.1) is 0 Å². The summed E-state index contributed by atoms with van der Waals surface area (Å²) >= 11 is 0. The molecule has 1 heterocycles. The van der Waals surface area contributed by atoms with Crippen LogP contribution in [0.2, 0.25) is 0 Å². The van der Waals surface area contributed by atoms with Gasteiger partial charge in [0.05, 0.1) is 49.8 Å². The van der Waals surface area contributed by atoms with E-state index in [2.05, 4.69) is 33.0 Å². The van der Waals surface area contributed by atoms with E-state index >= 15 is 0 Å². The van der Waals surface area contributed by atoms with E-state index in [9.17, 15) is 24.0 Å². The molecule has 14 heteroatoms. The van der Waals surface area contributed by atoms with Crippen LogP contribution < -0.4 is 16.0 Å². The molecule has 0 aliphatic carbocycles. The van der Waals surface area contributed by atoms with Crippen molar-refractivity contribution in [3.05, 3.63) is 65.7 Å². The molecule has 0 spiro atoms. The molecule has 3 N–H and O–H groups in total. The molecule has 1 aliphatic heterocycles. The zero-order valence-electron chi connectivity index (χ0n) is 40.3. The monoisotopic (exact) mass is 879 g/mol. The number of carbonyl (C=O) groups excluding carboxylic acids is 5. The number of nitrogens with one attached hydrogen (secondary N) is 3. The Balaban J connectivity index is 1.77. The Hall–Kier alpha value is -4.53. The van der Waals surface area contributed by atoms with Crippen molar-refractivity contribution in [2.45, 2.75) is 129 Å². The van der Waals surface area contributed by atoms with E-state index in [0.29, 0.717) is 25.9 Å². The fraction of sp³-hybridized carbons (Fsp3) is 0.653. The lowest BCUT2D eigenvalue weighted by atomic mass is 9.89. The first-order valence-corrected chi connectivity index (χ1v) is 22.7. The minimum Gasteiger partial charge on any atom is -0.467 e. The summed E-state index contributed by atoms with van der Waals surface area (Å²) in [5.41, 5.74) is 3.08. The van der Waals surface area contributed by atoms with Gasteiger partial charge in [-0.3, -0.25) is 24.1 Å². The number of methoxy groups -OCH3 is 3. The highest BCUT2D eigenvalue weighted by atomic mass is 16.5. The standard InChI is InChI=1S/C49H78N6O8/c1-14-33(6)44(54(10)48(59)42(31(2)3)52-47(58)43(32(4)5)53(9)28-26-35-22-24-37(50-8)25-23-35)40(61-11)30-41(56)55-27-18-21-39(55)45(62-12)34(7)46(57)51-38(49(60)63-13)29-36-19-16-15-17-20-36/h15-17,19-20,22-25,31-34,38-40,42-45,50H,14,18,21,26-30H2,1-13H3,(H,51,57)(H,52,58)/t33-,34+,38?,39-,40+,42-,43?,44-,45+/m0/s1. The Kier molecular flexibility index (Phi) is 21.5. The Bertz CT molecular complexity index is 1740. The molecule has 0 bridgehead atoms. The summed E-state index contributed by atoms with van der Waals surface area (Å²) in [5.74, 6) is -2.55. The number of amides is 4. The van der Waals surface area contributed by atoms with Gasteiger partial charge in [-0.25, -0.2) is 4.79 Å². The lowest BCUT2D eigenvalue weighted by Gasteiger charge is -2.41. The fourth-order valence-electron chi connectivity index (χ4n) is 9.06. The molecule has 1 saturated heterocycles. The van der Waals surface area contributed by atoms with E-state index in [1.165, 1.54) is 19.8 Å². The summed E-state index contributed by atoms with van der Waals surface area (Å²) in [7, 11) is 9.96. The number of benzene rings is 2. The van der Waals surface area contributed by atoms with Gasteiger partial charge in [0, 0.05) is 53.5 Å². The van der Waals surface area contributed by atoms with Gasteiger partial charge in [0.15, 0.2) is 0 Å². The number of rotatable bonds is 25. The summed E-state index contributed by atoms with van der Waals surface area (Å²) in [4.78, 5) is 75.1. The van der Waals surface area contributed by atoms with Crippen molar-refractivity contribution in [1.82, 2.24) is 25.3 Å². The van der Waals surface area contributed by atoms with E-state index in [1.807, 2.05) is 98.1 Å². The van der Waals surface area contributed by atoms with Gasteiger partial charge in [0.2, 0.25) is 23.6 Å². The first-order valence-electron chi connectivity index (χ1n) is 22.7. The minimum atomic E-state index is -0.898. The lowest BCUT2D eigenvalue weighted by molar-refractivity contribution is -0.149. The van der Waals surface area contributed by atoms with Crippen molar-refractivity contribution in [3.63, 3.8) is 0 Å². The summed E-state index contributed by atoms with van der Waals surface area (Å²) < 4.78 is 17.1. The zero-order valence-corrected chi connectivity index (χ0v) is 40.3. The lowest BCUT2D eigenvalue weighted by Crippen LogP contribution is -2.60. The molecule has 2 aromatic carbocycles. The average Bonchev–Trinajstić information content (AvgIpc) is 3.76. The predicted molar refractivity (Wildman–Crippen MR) is 248 cm³/mol. The third-order valence-corrected chi connectivity index (χ3v) is 12.9. The Labute approximate surface area is 377 Å². The average molecular weight is 879 g/mol. The molecular formula is C49H78N6O8. The third-order valence-electron chi connectivity index (χ3n) is 12.9. The van der Waals surface area contributed by atoms with Crippen LogP contribution in [0.3, 0.4) is 0 Å². The van der Waals surface area contributed by atoms with Gasteiger partial charge >= 0.3 is 5.97 Å². The summed E-state index contributed by atoms with van der Waals surface area (Å²) in [6, 6.07) is 14.6. The van der Waals surface area contributed by atoms with Gasteiger partial charge in [0.25, 0.3) is 0 Å². The molecule has 9 atom stereocenters. The van der Waals surface area contributed by atoms with Crippen LogP contribution in [0.15, 0.2) is 54.6 Å². The number of likely N-dealkylation sites (N-methyl/N-ethyl adjacent to an activating group) is 2. The molecule has 352 valence electrons. The Morgan fingerprint density at radius 1 is 0.825 bits per heavy atom. The van der Waals surface area contributed by atoms with Crippen molar-refractivity contribution in [1.29, 1.82) is 0 Å². The largest absolute Gasteiger partial charge is 0.467 e. The SMILES string of the molecule is CC[C@H](C)[C@@H]([C@@H](CC(=O)N1CCC[C@H]1[C@H](OC)[C@@H](C)C(=O)NC(Cc1ccccc1)C(=O)OC)OC)N(C)C(=O)[C@@H](NC(=O)C(C(C)C)N(C)CCc1ccc(NC)cc1)C(C)C. The van der Waals surface area contributed by atoms with Crippen molar-refractivity contribution in [2.75, 3.05) is 60.9 Å². The fourth-order valence-corrected chi connectivity index (χ4v) is 9.06. The molecule has 2 unspecified atom stereocenters. The number of esters is 1. The molecule has 3 rings (SSSR count). The second-order valence-corrected chi connectivity index (χ2v) is 18.0. The van der Waals surface area contributed by atoms with E-state index in [-0.39, 0.29) is 54.2 Å². The molecule has 14 nitrogen and oxygen atoms in total. The number of anilines is 1. The normalized spacial score (nSPS) is 17.9. The van der Waals surface area contributed by atoms with Crippen LogP contribution in [-0.4, -0.2) is 142 Å². The van der Waals surface area contributed by atoms with Crippen molar-refractivity contribution >= 4 is 35.3 Å². The molecule has 63 heavy (non-hydrogen) atoms. The molecule has 2 aromatic rings. The molecular weight excluding hydrogens is 801 g/mol. The zero-order chi connectivity index (χ0) is 47.0. The van der Waals surface area contributed by atoms with Crippen LogP contribution in [0.25, 0.3) is 0 Å². The quantitative estimate of drug-likeness (QED) is 0.114. The van der Waals surface area contributed by atoms with E-state index in [4.69, 9.17) is 14.2 Å². The number of hydrogen-bond donors (Lipinski definition) is 3. The highest BCUT2D eigenvalue weighted by Crippen LogP contribution is 2.30. The van der Waals surface area contributed by atoms with Gasteiger partial charge in [-0.1, -0.05) is 97.4 Å². The summed E-state index contributed by atoms with van der Waals surface area (Å²) in [6.07, 6.45) is 1.77. The number of carbonyl (C=O) groups is 5. The first kappa shape index (κ1) is 52.8. The van der Waals surface area contributed by atoms with Crippen LogP contribution in [0.1, 0.15) is 85.3 Å². The van der Waals surface area contributed by atoms with Crippen molar-refractivity contribution in [2.24, 2.45) is 23.7 Å². The maximum absolute atomic E-state index is 14.6. The van der Waals surface area contributed by atoms with Crippen LogP contribution in [-0.2, 0) is 51.0 Å². The highest BCUT2D eigenvalue weighted by Gasteiger charge is 2.43. The number of ether oxygens (including phenoxy) is 3. The van der Waals surface area contributed by atoms with E-state index in [0.717, 1.165) is 24.1 Å². The molecule has 1 fully saturated rings. The molecule has 1 aliphatic rings. The van der Waals surface area contributed by atoms with Gasteiger partial charge < -0.3 is 40.0 Å². The maximum Gasteiger partial charge on any atom is 0.328 e. The van der Waals surface area contributed by atoms with Crippen LogP contribution in [0.5, 0.6) is 0 Å². The minimum absolute atomic E-state index is 0.00522. The van der Waals surface area contributed by atoms with Crippen LogP contribution >= 0.6 is 0 Å². The second-order valence-electron chi connectivity index (χ2n) is 18.0. The van der Waals surface area contributed by atoms with Crippen molar-refractivity contribution in [3.8, 4) is 0 Å². The Morgan fingerprint density at radius 3 is 2.02 bits per heavy atom. The summed E-state index contributed by atoms with van der Waals surface area (Å²) in [5, 5.41) is 9.15. The van der Waals surface area contributed by atoms with Crippen molar-refractivity contribution < 1.29 is 38.2 Å². The second kappa shape index (κ2) is 25.7. The third kappa shape index (κ3) is 14.5. The van der Waals surface area contributed by atoms with Gasteiger partial charge in [-0.2, -0.15) is 0 Å². The van der Waals surface area contributed by atoms with E-state index < -0.39 is 54.3 Å². The van der Waals surface area contributed by atoms with Crippen LogP contribution in [0.4, 0.5) is 5.69 Å². The van der Waals surface area contributed by atoms with Gasteiger partial charge in [-0.05, 0) is 67.3 Å². The van der Waals surface area contributed by atoms with Gasteiger partial charge in [0.1, 0.15) is 12.1 Å². The molecule has 0 saturated carbocycles. The first-order chi connectivity index (χ1) is 29.9. The maximum atomic E-state index is 14.6. The topological polar surface area (TPSA) is 159 Å². The number of nitrogens with zero attached hydrogens (tertiary/aromatic N) is 3. The highest BCUT2D eigenvalue weighted by molar-refractivity contribution is 5.90. The molecule has 4 amide bonds. The Morgan fingerprint density at radius 2 is 1.48 bits per heavy atom. The summed E-state index contributed by atoms with van der Waals surface area (Å²) in [6.45, 7) is 14.9. The molecule has 0 radical (unpaired) electrons. The number of hydrogen-bond acceptors (Lipinski definition) is 10. The number of likely N-dealkylation sites (tertiary alicyclic amines) is 1.